The molecule has 1 aromatic rings. The van der Waals surface area contributed by atoms with Crippen LogP contribution in [0, 0.1) is 0 Å². The molecule has 26 heavy (non-hydrogen) atoms. The topological polar surface area (TPSA) is 66.0 Å². The molecule has 144 valence electrons. The molecule has 2 heterocycles. The lowest BCUT2D eigenvalue weighted by Gasteiger charge is -2.21. The third-order valence-electron chi connectivity index (χ3n) is 3.70. The Morgan fingerprint density at radius 1 is 1.35 bits per heavy atom. The second kappa shape index (κ2) is 8.63. The predicted molar refractivity (Wildman–Crippen MR) is 105 cm³/mol. The van der Waals surface area contributed by atoms with Crippen molar-refractivity contribution >= 4 is 34.6 Å². The molecule has 2 atom stereocenters. The number of benzene rings is 1. The summed E-state index contributed by atoms with van der Waals surface area (Å²) >= 11 is 3.56. The fraction of sp³-hybridized carbons (Fsp3) is 0.611. The smallest absolute Gasteiger partial charge is 0.491 e. The third kappa shape index (κ3) is 4.93. The van der Waals surface area contributed by atoms with Crippen LogP contribution < -0.4 is 15.5 Å². The van der Waals surface area contributed by atoms with E-state index in [9.17, 15) is 4.79 Å². The Morgan fingerprint density at radius 2 is 2.04 bits per heavy atom. The number of hydrogen-bond acceptors (Lipinski definition) is 5. The fourth-order valence-corrected chi connectivity index (χ4v) is 3.37. The molecule has 0 spiro atoms. The largest absolute Gasteiger partial charge is 0.498 e. The average molecular weight is 428 g/mol. The summed E-state index contributed by atoms with van der Waals surface area (Å²) in [5.41, 5.74) is 1.30. The second-order valence-corrected chi connectivity index (χ2v) is 7.82. The molecule has 1 amide bonds. The highest BCUT2D eigenvalue weighted by atomic mass is 79.9. The summed E-state index contributed by atoms with van der Waals surface area (Å²) in [4.78, 5) is 11.9. The molecule has 0 saturated heterocycles. The van der Waals surface area contributed by atoms with E-state index in [0.29, 0.717) is 6.61 Å². The first kappa shape index (κ1) is 21.1. The maximum absolute atomic E-state index is 11.9. The van der Waals surface area contributed by atoms with Gasteiger partial charge in [-0.05, 0) is 45.4 Å². The van der Waals surface area contributed by atoms with Gasteiger partial charge in [-0.25, -0.2) is 4.79 Å². The van der Waals surface area contributed by atoms with Gasteiger partial charge in [-0.2, -0.15) is 0 Å². The zero-order chi connectivity index (χ0) is 19.5. The molecule has 8 heteroatoms. The van der Waals surface area contributed by atoms with Gasteiger partial charge < -0.3 is 24.1 Å². The first-order chi connectivity index (χ1) is 12.2. The van der Waals surface area contributed by atoms with Crippen LogP contribution in [-0.2, 0) is 14.0 Å². The van der Waals surface area contributed by atoms with Crippen LogP contribution in [0.15, 0.2) is 16.6 Å². The van der Waals surface area contributed by atoms with Crippen molar-refractivity contribution in [3.05, 3.63) is 22.2 Å². The van der Waals surface area contributed by atoms with Crippen LogP contribution in [0.25, 0.3) is 0 Å². The number of ether oxygens (including phenoxy) is 2. The van der Waals surface area contributed by atoms with Gasteiger partial charge >= 0.3 is 13.2 Å². The molecule has 0 aromatic heterocycles. The maximum atomic E-state index is 11.9. The maximum Gasteiger partial charge on any atom is 0.498 e. The van der Waals surface area contributed by atoms with Gasteiger partial charge in [0, 0.05) is 16.5 Å². The lowest BCUT2D eigenvalue weighted by molar-refractivity contribution is 0.0485. The van der Waals surface area contributed by atoms with Crippen LogP contribution >= 0.6 is 15.9 Å². The first-order valence-corrected chi connectivity index (χ1v) is 9.77. The number of alkyl carbamates (subject to hydrolysis) is 1. The van der Waals surface area contributed by atoms with E-state index in [1.54, 1.807) is 0 Å². The molecule has 0 saturated carbocycles. The van der Waals surface area contributed by atoms with Crippen molar-refractivity contribution in [3.63, 3.8) is 0 Å². The van der Waals surface area contributed by atoms with Gasteiger partial charge in [0.2, 0.25) is 0 Å². The van der Waals surface area contributed by atoms with E-state index in [1.807, 2.05) is 53.7 Å². The number of carbonyl (C=O) groups excluding carboxylic acids is 1. The Hall–Kier alpha value is -1.25. The van der Waals surface area contributed by atoms with E-state index in [0.717, 1.165) is 21.2 Å². The predicted octanol–water partition coefficient (Wildman–Crippen LogP) is 3.56. The summed E-state index contributed by atoms with van der Waals surface area (Å²) in [6.07, 6.45) is -0.881. The molecule has 0 fully saturated rings. The summed E-state index contributed by atoms with van der Waals surface area (Å²) in [5, 5.41) is 2.76. The summed E-state index contributed by atoms with van der Waals surface area (Å²) in [7, 11) is -0.490. The molecule has 6 nitrogen and oxygen atoms in total. The number of halogens is 1. The lowest BCUT2D eigenvalue weighted by atomic mass is 9.77. The van der Waals surface area contributed by atoms with Gasteiger partial charge in [0.1, 0.15) is 18.0 Å². The van der Waals surface area contributed by atoms with Gasteiger partial charge in [0.25, 0.3) is 0 Å². The van der Waals surface area contributed by atoms with E-state index in [1.165, 1.54) is 0 Å². The SMILES string of the molecule is CC.CC1COc2ccc(Br)c3c2B(O1)OC3CNC(=O)OC(C)(C)C. The quantitative estimate of drug-likeness (QED) is 0.731. The Labute approximate surface area is 164 Å². The van der Waals surface area contributed by atoms with E-state index < -0.39 is 18.8 Å². The lowest BCUT2D eigenvalue weighted by Crippen LogP contribution is -2.36. The Balaban J connectivity index is 0.00000117. The molecule has 2 aliphatic heterocycles. The molecular weight excluding hydrogens is 401 g/mol. The molecule has 2 aliphatic rings. The molecule has 0 radical (unpaired) electrons. The van der Waals surface area contributed by atoms with Gasteiger partial charge in [-0.1, -0.05) is 29.8 Å². The van der Waals surface area contributed by atoms with Crippen molar-refractivity contribution in [3.8, 4) is 5.75 Å². The normalized spacial score (nSPS) is 21.0. The monoisotopic (exact) mass is 427 g/mol. The minimum atomic E-state index is -0.540. The summed E-state index contributed by atoms with van der Waals surface area (Å²) < 4.78 is 23.9. The van der Waals surface area contributed by atoms with Crippen molar-refractivity contribution in [1.82, 2.24) is 5.32 Å². The van der Waals surface area contributed by atoms with Crippen molar-refractivity contribution in [1.29, 1.82) is 0 Å². The van der Waals surface area contributed by atoms with Crippen molar-refractivity contribution < 1.29 is 23.6 Å². The molecule has 0 aliphatic carbocycles. The van der Waals surface area contributed by atoms with Crippen molar-refractivity contribution in [2.75, 3.05) is 13.2 Å². The third-order valence-corrected chi connectivity index (χ3v) is 4.39. The molecule has 3 rings (SSSR count). The summed E-state index contributed by atoms with van der Waals surface area (Å²) in [6, 6.07) is 3.83. The van der Waals surface area contributed by atoms with E-state index in [2.05, 4.69) is 21.2 Å². The van der Waals surface area contributed by atoms with Crippen LogP contribution in [0.2, 0.25) is 0 Å². The van der Waals surface area contributed by atoms with Crippen LogP contribution in [0.4, 0.5) is 4.79 Å². The Bertz CT molecular complexity index is 649. The number of carbonyl (C=O) groups is 1. The number of amides is 1. The van der Waals surface area contributed by atoms with Gasteiger partial charge in [0.05, 0.1) is 12.2 Å². The summed E-state index contributed by atoms with van der Waals surface area (Å²) in [6.45, 7) is 12.2. The molecular formula is C18H27BBrNO5. The fourth-order valence-electron chi connectivity index (χ4n) is 2.77. The molecule has 1 aromatic carbocycles. The van der Waals surface area contributed by atoms with Gasteiger partial charge in [0.15, 0.2) is 0 Å². The minimum absolute atomic E-state index is 0.0772. The zero-order valence-corrected chi connectivity index (χ0v) is 17.8. The molecule has 2 unspecified atom stereocenters. The van der Waals surface area contributed by atoms with Crippen molar-refractivity contribution in [2.24, 2.45) is 0 Å². The number of rotatable bonds is 2. The molecule has 0 bridgehead atoms. The molecule has 1 N–H and O–H groups in total. The average Bonchev–Trinajstić information content (AvgIpc) is 2.84. The Morgan fingerprint density at radius 3 is 2.69 bits per heavy atom. The number of hydrogen-bond donors (Lipinski definition) is 1. The first-order valence-electron chi connectivity index (χ1n) is 8.97. The van der Waals surface area contributed by atoms with Crippen LogP contribution in [0.1, 0.15) is 53.2 Å². The zero-order valence-electron chi connectivity index (χ0n) is 16.2. The van der Waals surface area contributed by atoms with E-state index in [-0.39, 0.29) is 18.8 Å². The highest BCUT2D eigenvalue weighted by Gasteiger charge is 2.44. The highest BCUT2D eigenvalue weighted by molar-refractivity contribution is 9.10. The second-order valence-electron chi connectivity index (χ2n) is 6.97. The van der Waals surface area contributed by atoms with Gasteiger partial charge in [-0.15, -0.1) is 0 Å². The summed E-state index contributed by atoms with van der Waals surface area (Å²) in [5.74, 6) is 0.766. The van der Waals surface area contributed by atoms with Crippen molar-refractivity contribution in [2.45, 2.75) is 59.4 Å². The van der Waals surface area contributed by atoms with Gasteiger partial charge in [-0.3, -0.25) is 0 Å². The standard InChI is InChI=1S/C16H21BBrNO5.C2H6/c1-9-8-21-11-6-5-10(18)13-12(24-17(23-9)14(11)13)7-19-15(20)22-16(2,3)4;1-2/h5-6,9,12H,7-8H2,1-4H3,(H,19,20);1-2H3. The van der Waals surface area contributed by atoms with Crippen LogP contribution in [-0.4, -0.2) is 38.1 Å². The van der Waals surface area contributed by atoms with E-state index in [4.69, 9.17) is 18.8 Å². The Kier molecular flexibility index (Phi) is 6.99. The van der Waals surface area contributed by atoms with Crippen LogP contribution in [0.5, 0.6) is 5.75 Å². The highest BCUT2D eigenvalue weighted by Crippen LogP contribution is 2.35. The van der Waals surface area contributed by atoms with Crippen LogP contribution in [0.3, 0.4) is 0 Å². The number of nitrogens with one attached hydrogen (secondary N) is 1. The minimum Gasteiger partial charge on any atom is -0.491 e. The van der Waals surface area contributed by atoms with E-state index >= 15 is 0 Å².